The minimum absolute atomic E-state index is 0.124. The molecular formula is C20H19FN6O4. The van der Waals surface area contributed by atoms with Crippen molar-refractivity contribution in [2.45, 2.75) is 31.7 Å². The number of amides is 1. The van der Waals surface area contributed by atoms with Crippen molar-refractivity contribution >= 4 is 17.4 Å². The van der Waals surface area contributed by atoms with Gasteiger partial charge in [-0.2, -0.15) is 5.10 Å². The second-order valence-corrected chi connectivity index (χ2v) is 7.90. The number of halogens is 1. The highest BCUT2D eigenvalue weighted by atomic mass is 19.1. The predicted octanol–water partition coefficient (Wildman–Crippen LogP) is 0.940. The lowest BCUT2D eigenvalue weighted by Crippen LogP contribution is -2.49. The maximum absolute atomic E-state index is 14.1. The number of hydrogen-bond donors (Lipinski definition) is 1. The van der Waals surface area contributed by atoms with E-state index in [-0.39, 0.29) is 30.7 Å². The minimum Gasteiger partial charge on any atom is -0.480 e. The van der Waals surface area contributed by atoms with E-state index in [0.29, 0.717) is 54.0 Å². The molecule has 1 amide bonds. The molecule has 11 heteroatoms. The first-order chi connectivity index (χ1) is 15.1. The SMILES string of the molecule is C[C@H]1CNC(=O)c2cnn3cc4c(nc23)N(Cc2cc(F)cnc2O1)[C@@H]1COC[C@@H]1O4. The summed E-state index contributed by atoms with van der Waals surface area (Å²) in [4.78, 5) is 23.7. The Hall–Kier alpha value is -3.47. The van der Waals surface area contributed by atoms with Gasteiger partial charge in [0.05, 0.1) is 50.9 Å². The van der Waals surface area contributed by atoms with Crippen LogP contribution in [0.3, 0.4) is 0 Å². The van der Waals surface area contributed by atoms with Crippen molar-refractivity contribution in [1.82, 2.24) is 24.9 Å². The predicted molar refractivity (Wildman–Crippen MR) is 105 cm³/mol. The van der Waals surface area contributed by atoms with Crippen LogP contribution in [0.2, 0.25) is 0 Å². The average Bonchev–Trinajstić information content (AvgIpc) is 3.38. The number of rotatable bonds is 0. The van der Waals surface area contributed by atoms with Crippen LogP contribution in [0.5, 0.6) is 11.6 Å². The summed E-state index contributed by atoms with van der Waals surface area (Å²) in [5, 5.41) is 7.10. The fourth-order valence-corrected chi connectivity index (χ4v) is 4.21. The number of ether oxygens (including phenoxy) is 3. The van der Waals surface area contributed by atoms with E-state index >= 15 is 0 Å². The van der Waals surface area contributed by atoms with Crippen molar-refractivity contribution < 1.29 is 23.4 Å². The first kappa shape index (κ1) is 18.3. The van der Waals surface area contributed by atoms with E-state index in [2.05, 4.69) is 15.4 Å². The zero-order valence-electron chi connectivity index (χ0n) is 16.6. The molecule has 0 saturated carbocycles. The van der Waals surface area contributed by atoms with Crippen molar-refractivity contribution in [2.24, 2.45) is 0 Å². The van der Waals surface area contributed by atoms with E-state index in [1.165, 1.54) is 16.8 Å². The Morgan fingerprint density at radius 2 is 2.16 bits per heavy atom. The topological polar surface area (TPSA) is 103 Å². The molecule has 10 nitrogen and oxygen atoms in total. The van der Waals surface area contributed by atoms with E-state index < -0.39 is 5.82 Å². The molecule has 3 aliphatic rings. The van der Waals surface area contributed by atoms with Crippen molar-refractivity contribution in [1.29, 1.82) is 0 Å². The normalized spacial score (nSPS) is 24.9. The van der Waals surface area contributed by atoms with Crippen LogP contribution in [0.15, 0.2) is 24.7 Å². The van der Waals surface area contributed by atoms with Crippen LogP contribution in [-0.2, 0) is 11.3 Å². The number of nitrogens with one attached hydrogen (secondary N) is 1. The van der Waals surface area contributed by atoms with Gasteiger partial charge in [-0.05, 0) is 13.0 Å². The smallest absolute Gasteiger partial charge is 0.256 e. The van der Waals surface area contributed by atoms with Crippen LogP contribution in [0.1, 0.15) is 22.8 Å². The molecule has 1 N–H and O–H groups in total. The summed E-state index contributed by atoms with van der Waals surface area (Å²) >= 11 is 0. The summed E-state index contributed by atoms with van der Waals surface area (Å²) in [6.07, 6.45) is 3.72. The van der Waals surface area contributed by atoms with Crippen LogP contribution in [0, 0.1) is 5.82 Å². The second kappa shape index (κ2) is 6.77. The molecule has 0 aliphatic carbocycles. The molecule has 0 spiro atoms. The number of carbonyl (C=O) groups excluding carboxylic acids is 1. The number of anilines is 1. The quantitative estimate of drug-likeness (QED) is 0.567. The summed E-state index contributed by atoms with van der Waals surface area (Å²) in [6, 6.07) is 1.29. The Balaban J connectivity index is 1.56. The lowest BCUT2D eigenvalue weighted by Gasteiger charge is -2.38. The monoisotopic (exact) mass is 426 g/mol. The highest BCUT2D eigenvalue weighted by molar-refractivity contribution is 5.99. The Labute approximate surface area is 175 Å². The molecule has 3 aliphatic heterocycles. The van der Waals surface area contributed by atoms with Gasteiger partial charge in [0.25, 0.3) is 5.91 Å². The van der Waals surface area contributed by atoms with Crippen LogP contribution >= 0.6 is 0 Å². The highest BCUT2D eigenvalue weighted by Gasteiger charge is 2.42. The Kier molecular flexibility index (Phi) is 4.00. The maximum Gasteiger partial charge on any atom is 0.256 e. The number of carbonyl (C=O) groups is 1. The minimum atomic E-state index is -0.457. The lowest BCUT2D eigenvalue weighted by atomic mass is 10.1. The van der Waals surface area contributed by atoms with E-state index in [1.807, 2.05) is 11.8 Å². The molecule has 3 aromatic rings. The van der Waals surface area contributed by atoms with Crippen molar-refractivity contribution in [3.05, 3.63) is 41.6 Å². The van der Waals surface area contributed by atoms with Crippen molar-refractivity contribution in [3.63, 3.8) is 0 Å². The van der Waals surface area contributed by atoms with Crippen LogP contribution in [-0.4, -0.2) is 63.5 Å². The van der Waals surface area contributed by atoms with Gasteiger partial charge in [-0.1, -0.05) is 0 Å². The van der Waals surface area contributed by atoms with Crippen molar-refractivity contribution in [2.75, 3.05) is 24.7 Å². The standard InChI is InChI=1S/C20H19FN6O4/c1-10-3-22-19(28)13-5-24-27-7-15-18(25-17(13)27)26(14-8-29-9-16(14)31-15)6-11-2-12(21)4-23-20(11)30-10/h2,4-5,7,10,14,16H,3,6,8-9H2,1H3,(H,22,28)/t10-,14+,16-/m0/s1. The summed E-state index contributed by atoms with van der Waals surface area (Å²) in [6.45, 7) is 3.23. The fourth-order valence-electron chi connectivity index (χ4n) is 4.21. The van der Waals surface area contributed by atoms with Gasteiger partial charge in [-0.25, -0.2) is 18.9 Å². The van der Waals surface area contributed by atoms with Gasteiger partial charge in [-0.3, -0.25) is 4.79 Å². The van der Waals surface area contributed by atoms with Crippen LogP contribution < -0.4 is 19.7 Å². The molecule has 0 unspecified atom stereocenters. The van der Waals surface area contributed by atoms with Crippen LogP contribution in [0.25, 0.3) is 5.65 Å². The zero-order valence-corrected chi connectivity index (χ0v) is 16.6. The number of fused-ring (bicyclic) bond motifs is 3. The molecule has 1 fully saturated rings. The highest BCUT2D eigenvalue weighted by Crippen LogP contribution is 2.39. The molecule has 3 atom stereocenters. The molecular weight excluding hydrogens is 407 g/mol. The number of aromatic nitrogens is 4. The van der Waals surface area contributed by atoms with Gasteiger partial charge in [0.15, 0.2) is 17.2 Å². The number of nitrogens with zero attached hydrogens (tertiary/aromatic N) is 5. The Morgan fingerprint density at radius 3 is 3.06 bits per heavy atom. The van der Waals surface area contributed by atoms with Gasteiger partial charge in [0.1, 0.15) is 23.6 Å². The third-order valence-corrected chi connectivity index (χ3v) is 5.73. The zero-order chi connectivity index (χ0) is 21.1. The summed E-state index contributed by atoms with van der Waals surface area (Å²) in [5.74, 6) is 0.604. The number of hydrogen-bond acceptors (Lipinski definition) is 8. The Morgan fingerprint density at radius 1 is 1.26 bits per heavy atom. The van der Waals surface area contributed by atoms with E-state index in [4.69, 9.17) is 19.2 Å². The lowest BCUT2D eigenvalue weighted by molar-refractivity contribution is 0.0932. The van der Waals surface area contributed by atoms with Gasteiger partial charge in [0.2, 0.25) is 5.88 Å². The molecule has 1 saturated heterocycles. The van der Waals surface area contributed by atoms with Gasteiger partial charge in [0, 0.05) is 5.56 Å². The fraction of sp³-hybridized carbons (Fsp3) is 0.400. The molecule has 2 bridgehead atoms. The van der Waals surface area contributed by atoms with Gasteiger partial charge >= 0.3 is 0 Å². The van der Waals surface area contributed by atoms with Crippen LogP contribution in [0.4, 0.5) is 10.2 Å². The average molecular weight is 426 g/mol. The number of pyridine rings is 1. The molecule has 0 radical (unpaired) electrons. The summed E-state index contributed by atoms with van der Waals surface area (Å²) < 4.78 is 33.4. The second-order valence-electron chi connectivity index (χ2n) is 7.90. The molecule has 160 valence electrons. The van der Waals surface area contributed by atoms with E-state index in [9.17, 15) is 9.18 Å². The van der Waals surface area contributed by atoms with Gasteiger partial charge in [-0.15, -0.1) is 0 Å². The largest absolute Gasteiger partial charge is 0.480 e. The van der Waals surface area contributed by atoms with Gasteiger partial charge < -0.3 is 24.4 Å². The summed E-state index contributed by atoms with van der Waals surface area (Å²) in [7, 11) is 0. The van der Waals surface area contributed by atoms with E-state index in [0.717, 1.165) is 6.20 Å². The molecule has 0 aromatic carbocycles. The Bertz CT molecular complexity index is 1200. The molecule has 6 heterocycles. The summed E-state index contributed by atoms with van der Waals surface area (Å²) in [5.41, 5.74) is 1.33. The first-order valence-corrected chi connectivity index (χ1v) is 10.1. The maximum atomic E-state index is 14.1. The van der Waals surface area contributed by atoms with E-state index in [1.54, 1.807) is 6.20 Å². The third-order valence-electron chi connectivity index (χ3n) is 5.73. The third kappa shape index (κ3) is 2.95. The molecule has 3 aromatic heterocycles. The first-order valence-electron chi connectivity index (χ1n) is 10.1. The van der Waals surface area contributed by atoms with Crippen molar-refractivity contribution in [3.8, 4) is 11.6 Å². The molecule has 6 rings (SSSR count). The molecule has 31 heavy (non-hydrogen) atoms.